The van der Waals surface area contributed by atoms with E-state index in [1.807, 2.05) is 72.8 Å². The summed E-state index contributed by atoms with van der Waals surface area (Å²) in [5.74, 6) is 3.83. The molecule has 6 heterocycles. The summed E-state index contributed by atoms with van der Waals surface area (Å²) < 4.78 is 9.94. The summed E-state index contributed by atoms with van der Waals surface area (Å²) >= 11 is 0. The number of nitrogens with zero attached hydrogens (tertiary/aromatic N) is 10. The van der Waals surface area contributed by atoms with Gasteiger partial charge >= 0.3 is 0 Å². The molecule has 0 aliphatic rings. The van der Waals surface area contributed by atoms with Gasteiger partial charge in [0, 0.05) is 92.6 Å². The van der Waals surface area contributed by atoms with E-state index in [-0.39, 0.29) is 0 Å². The standard InChI is InChI=1S/2C57H35N5/c1-3-16-36(17-4-1)55-58-56(37-18-5-2-6-19-37)60-57(59-55)45-30-31-49(43-25-12-11-24-42(43)45)62-51-29-15-28-50(54(51)47-33-39-21-8-10-23-41(39)35-53(47)62)61-48-27-14-13-26-44(48)46-32-38-20-7-9-22-40(38)34-52(46)61;1-3-17-36(18-4-1)55-58-56(37-19-5-2-6-20-37)60-57(59-55)45-31-32-50(43-26-12-11-25-42(43)45)61-49-30-16-14-28-46(49)53-52(61)35-40-23-9-10-24-41(40)54(53)62-48-29-15-13-27-44(48)47-33-38-21-7-8-22-39(38)34-51(47)62/h2*1-35H. The Kier molecular flexibility index (Phi) is 16.1. The average molecular weight is 1580 g/mol. The van der Waals surface area contributed by atoms with Crippen LogP contribution in [0.2, 0.25) is 0 Å². The molecule has 0 aliphatic heterocycles. The Bertz CT molecular complexity index is 8550. The molecule has 576 valence electrons. The number of fused-ring (bicyclic) bond motifs is 18. The maximum absolute atomic E-state index is 5.15. The second-order valence-corrected chi connectivity index (χ2v) is 32.0. The molecule has 0 atom stereocenters. The first-order valence-corrected chi connectivity index (χ1v) is 42.1. The fraction of sp³-hybridized carbons (Fsp3) is 0. The lowest BCUT2D eigenvalue weighted by atomic mass is 10.0. The van der Waals surface area contributed by atoms with Crippen molar-refractivity contribution in [1.29, 1.82) is 0 Å². The van der Waals surface area contributed by atoms with E-state index in [0.29, 0.717) is 34.9 Å². The van der Waals surface area contributed by atoms with Crippen LogP contribution in [0.3, 0.4) is 0 Å². The van der Waals surface area contributed by atoms with E-state index in [2.05, 4.69) is 370 Å². The number of aromatic nitrogens is 10. The van der Waals surface area contributed by atoms with Gasteiger partial charge in [0.25, 0.3) is 0 Å². The molecule has 124 heavy (non-hydrogen) atoms. The molecule has 0 amide bonds. The predicted molar refractivity (Wildman–Crippen MR) is 515 cm³/mol. The van der Waals surface area contributed by atoms with Crippen molar-refractivity contribution in [3.8, 4) is 91.1 Å². The van der Waals surface area contributed by atoms with Gasteiger partial charge in [-0.05, 0) is 146 Å². The van der Waals surface area contributed by atoms with Crippen LogP contribution in [0.25, 0.3) is 243 Å². The van der Waals surface area contributed by atoms with Crippen LogP contribution in [-0.4, -0.2) is 48.2 Å². The second kappa shape index (κ2) is 28.5. The smallest absolute Gasteiger partial charge is 0.164 e. The zero-order valence-electron chi connectivity index (χ0n) is 66.9. The van der Waals surface area contributed by atoms with Gasteiger partial charge in [-0.3, -0.25) is 0 Å². The van der Waals surface area contributed by atoms with Gasteiger partial charge < -0.3 is 18.3 Å². The Morgan fingerprint density at radius 3 is 0.895 bits per heavy atom. The number of benzene rings is 20. The Hall–Kier alpha value is -16.8. The largest absolute Gasteiger partial charge is 0.309 e. The van der Waals surface area contributed by atoms with Gasteiger partial charge in [-0.1, -0.05) is 328 Å². The van der Waals surface area contributed by atoms with Gasteiger partial charge in [-0.15, -0.1) is 0 Å². The molecule has 10 nitrogen and oxygen atoms in total. The minimum Gasteiger partial charge on any atom is -0.309 e. The molecule has 20 aromatic carbocycles. The Balaban J connectivity index is 0.000000136. The van der Waals surface area contributed by atoms with Crippen LogP contribution in [0.1, 0.15) is 0 Å². The van der Waals surface area contributed by atoms with Gasteiger partial charge in [-0.2, -0.15) is 0 Å². The first-order chi connectivity index (χ1) is 61.5. The van der Waals surface area contributed by atoms with Crippen LogP contribution in [0, 0.1) is 0 Å². The molecule has 26 aromatic rings. The van der Waals surface area contributed by atoms with Gasteiger partial charge in [0.1, 0.15) is 0 Å². The molecule has 0 N–H and O–H groups in total. The second-order valence-electron chi connectivity index (χ2n) is 32.0. The summed E-state index contributed by atoms with van der Waals surface area (Å²) in [5, 5.41) is 23.8. The molecule has 10 heteroatoms. The minimum atomic E-state index is 0.634. The highest BCUT2D eigenvalue weighted by Gasteiger charge is 2.28. The zero-order chi connectivity index (χ0) is 81.5. The molecular formula is C114H70N10. The van der Waals surface area contributed by atoms with Crippen molar-refractivity contribution in [2.24, 2.45) is 0 Å². The molecule has 0 saturated heterocycles. The quantitative estimate of drug-likeness (QED) is 0.135. The van der Waals surface area contributed by atoms with Crippen LogP contribution in [-0.2, 0) is 0 Å². The number of hydrogen-bond donors (Lipinski definition) is 0. The number of para-hydroxylation sites is 3. The summed E-state index contributed by atoms with van der Waals surface area (Å²) in [7, 11) is 0. The molecule has 0 spiro atoms. The Morgan fingerprint density at radius 2 is 0.444 bits per heavy atom. The van der Waals surface area contributed by atoms with Crippen LogP contribution >= 0.6 is 0 Å². The normalized spacial score (nSPS) is 11.9. The lowest BCUT2D eigenvalue weighted by molar-refractivity contribution is 1.07. The molecule has 0 saturated carbocycles. The van der Waals surface area contributed by atoms with Crippen LogP contribution in [0.15, 0.2) is 425 Å². The van der Waals surface area contributed by atoms with E-state index >= 15 is 0 Å². The fourth-order valence-electron chi connectivity index (χ4n) is 19.5. The fourth-order valence-corrected chi connectivity index (χ4v) is 19.5. The van der Waals surface area contributed by atoms with Gasteiger partial charge in [0.2, 0.25) is 0 Å². The monoisotopic (exact) mass is 1580 g/mol. The van der Waals surface area contributed by atoms with Crippen LogP contribution in [0.4, 0.5) is 0 Å². The summed E-state index contributed by atoms with van der Waals surface area (Å²) in [6, 6.07) is 152. The Labute approximate surface area is 711 Å². The molecule has 0 fully saturated rings. The highest BCUT2D eigenvalue weighted by atomic mass is 15.1. The summed E-state index contributed by atoms with van der Waals surface area (Å²) in [6.07, 6.45) is 0. The molecule has 0 bridgehead atoms. The van der Waals surface area contributed by atoms with Crippen molar-refractivity contribution < 1.29 is 0 Å². The molecule has 6 aromatic heterocycles. The minimum absolute atomic E-state index is 0.634. The van der Waals surface area contributed by atoms with Crippen molar-refractivity contribution in [1.82, 2.24) is 48.2 Å². The van der Waals surface area contributed by atoms with Crippen molar-refractivity contribution in [2.75, 3.05) is 0 Å². The van der Waals surface area contributed by atoms with E-state index in [1.165, 1.54) is 114 Å². The summed E-state index contributed by atoms with van der Waals surface area (Å²) in [5.41, 5.74) is 19.5. The molecule has 0 unspecified atom stereocenters. The van der Waals surface area contributed by atoms with Crippen molar-refractivity contribution >= 4 is 152 Å². The van der Waals surface area contributed by atoms with Gasteiger partial charge in [0.15, 0.2) is 34.9 Å². The summed E-state index contributed by atoms with van der Waals surface area (Å²) in [6.45, 7) is 0. The molecule has 26 rings (SSSR count). The van der Waals surface area contributed by atoms with Crippen LogP contribution in [0.5, 0.6) is 0 Å². The lowest BCUT2D eigenvalue weighted by Crippen LogP contribution is -2.02. The van der Waals surface area contributed by atoms with E-state index in [9.17, 15) is 0 Å². The third kappa shape index (κ3) is 11.3. The number of hydrogen-bond acceptors (Lipinski definition) is 6. The first-order valence-electron chi connectivity index (χ1n) is 42.1. The first kappa shape index (κ1) is 70.2. The summed E-state index contributed by atoms with van der Waals surface area (Å²) in [4.78, 5) is 30.6. The molecule has 0 radical (unpaired) electrons. The predicted octanol–water partition coefficient (Wildman–Crippen LogP) is 29.1. The Morgan fingerprint density at radius 1 is 0.145 bits per heavy atom. The van der Waals surface area contributed by atoms with Gasteiger partial charge in [-0.25, -0.2) is 29.9 Å². The third-order valence-electron chi connectivity index (χ3n) is 25.0. The zero-order valence-corrected chi connectivity index (χ0v) is 66.9. The molecule has 0 aliphatic carbocycles. The van der Waals surface area contributed by atoms with Gasteiger partial charge in [0.05, 0.1) is 66.9 Å². The molecular weight excluding hydrogens is 1510 g/mol. The third-order valence-corrected chi connectivity index (χ3v) is 25.0. The van der Waals surface area contributed by atoms with E-state index in [1.54, 1.807) is 0 Å². The van der Waals surface area contributed by atoms with Crippen LogP contribution < -0.4 is 0 Å². The van der Waals surface area contributed by atoms with Crippen molar-refractivity contribution in [3.63, 3.8) is 0 Å². The average Bonchev–Trinajstić information content (AvgIpc) is 1.54. The number of rotatable bonds is 10. The van der Waals surface area contributed by atoms with E-state index < -0.39 is 0 Å². The maximum Gasteiger partial charge on any atom is 0.164 e. The SMILES string of the molecule is c1ccc(-c2nc(-c3ccccc3)nc(-c3ccc(-n4c5cc6ccccc6cc5c5c(-n6c7ccccc7c7cc8ccccc8cc76)cccc54)c4ccccc34)n2)cc1.c1ccc(-c2nc(-c3ccccc3)nc(-c3ccc(-n4c5ccccc5c5c(-n6c7ccccc7c7cc8ccccc8cc76)c6ccccc6cc54)c4ccccc34)n2)cc1. The highest BCUT2D eigenvalue weighted by molar-refractivity contribution is 6.25. The van der Waals surface area contributed by atoms with E-state index in [4.69, 9.17) is 29.9 Å². The maximum atomic E-state index is 5.15. The van der Waals surface area contributed by atoms with Crippen molar-refractivity contribution in [3.05, 3.63) is 425 Å². The topological polar surface area (TPSA) is 97.1 Å². The lowest BCUT2D eigenvalue weighted by Gasteiger charge is -2.17. The highest BCUT2D eigenvalue weighted by Crippen LogP contribution is 2.49. The van der Waals surface area contributed by atoms with Crippen molar-refractivity contribution in [2.45, 2.75) is 0 Å². The van der Waals surface area contributed by atoms with E-state index in [0.717, 1.165) is 94.1 Å².